The van der Waals surface area contributed by atoms with Crippen LogP contribution in [0.25, 0.3) is 0 Å². The van der Waals surface area contributed by atoms with E-state index < -0.39 is 6.61 Å². The van der Waals surface area contributed by atoms with Gasteiger partial charge in [-0.2, -0.15) is 8.78 Å². The Bertz CT molecular complexity index is 799. The lowest BCUT2D eigenvalue weighted by Gasteiger charge is -2.17. The number of hydrogen-bond donors (Lipinski definition) is 0. The van der Waals surface area contributed by atoms with Crippen LogP contribution in [0.2, 0.25) is 0 Å². The van der Waals surface area contributed by atoms with Crippen molar-refractivity contribution in [3.05, 3.63) is 23.8 Å². The second-order valence-corrected chi connectivity index (χ2v) is 8.03. The molecule has 1 heterocycles. The van der Waals surface area contributed by atoms with Crippen molar-refractivity contribution in [1.29, 1.82) is 0 Å². The average Bonchev–Trinajstić information content (AvgIpc) is 3.38. The standard InChI is InChI=1S/C17H19F2N3O3S2/c1-3-14(23)22(11-5-6-11)16-20-21-17(27-16)26-9-10-4-7-12(25-15(18)19)13(8-10)24-2/h4,7-8,11,15H,3,5-6,9H2,1-2H3. The van der Waals surface area contributed by atoms with Gasteiger partial charge in [-0.15, -0.1) is 10.2 Å². The first kappa shape index (κ1) is 19.8. The number of methoxy groups -OCH3 is 1. The number of alkyl halides is 2. The van der Waals surface area contributed by atoms with E-state index in [9.17, 15) is 13.6 Å². The number of carbonyl (C=O) groups excluding carboxylic acids is 1. The van der Waals surface area contributed by atoms with E-state index in [1.54, 1.807) is 17.0 Å². The second-order valence-electron chi connectivity index (χ2n) is 5.85. The normalized spacial score (nSPS) is 13.7. The number of nitrogens with zero attached hydrogens (tertiary/aromatic N) is 3. The van der Waals surface area contributed by atoms with Crippen LogP contribution in [0.1, 0.15) is 31.7 Å². The molecule has 1 aromatic heterocycles. The molecule has 0 N–H and O–H groups in total. The fourth-order valence-electron chi connectivity index (χ4n) is 2.47. The van der Waals surface area contributed by atoms with Gasteiger partial charge < -0.3 is 9.47 Å². The highest BCUT2D eigenvalue weighted by atomic mass is 32.2. The topological polar surface area (TPSA) is 64.6 Å². The molecule has 1 saturated carbocycles. The van der Waals surface area contributed by atoms with Gasteiger partial charge in [-0.1, -0.05) is 36.1 Å². The minimum atomic E-state index is -2.90. The van der Waals surface area contributed by atoms with Crippen LogP contribution >= 0.6 is 23.1 Å². The number of benzene rings is 1. The monoisotopic (exact) mass is 415 g/mol. The largest absolute Gasteiger partial charge is 0.493 e. The number of hydrogen-bond acceptors (Lipinski definition) is 7. The van der Waals surface area contributed by atoms with Crippen LogP contribution < -0.4 is 14.4 Å². The van der Waals surface area contributed by atoms with Crippen LogP contribution in [0.15, 0.2) is 22.5 Å². The SMILES string of the molecule is CCC(=O)N(c1nnc(SCc2ccc(OC(F)F)c(OC)c2)s1)C1CC1. The molecular formula is C17H19F2N3O3S2. The van der Waals surface area contributed by atoms with Gasteiger partial charge in [0.15, 0.2) is 15.8 Å². The highest BCUT2D eigenvalue weighted by Crippen LogP contribution is 2.37. The molecule has 27 heavy (non-hydrogen) atoms. The van der Waals surface area contributed by atoms with E-state index in [0.717, 1.165) is 22.7 Å². The minimum Gasteiger partial charge on any atom is -0.493 e. The van der Waals surface area contributed by atoms with Crippen LogP contribution in [0.4, 0.5) is 13.9 Å². The molecule has 2 aromatic rings. The first-order chi connectivity index (χ1) is 13.0. The zero-order chi connectivity index (χ0) is 19.4. The highest BCUT2D eigenvalue weighted by Gasteiger charge is 2.35. The average molecular weight is 415 g/mol. The molecule has 0 atom stereocenters. The molecule has 0 radical (unpaired) electrons. The van der Waals surface area contributed by atoms with Crippen molar-refractivity contribution in [2.24, 2.45) is 0 Å². The summed E-state index contributed by atoms with van der Waals surface area (Å²) in [6, 6.07) is 5.06. The van der Waals surface area contributed by atoms with Crippen molar-refractivity contribution >= 4 is 34.1 Å². The Morgan fingerprint density at radius 3 is 2.78 bits per heavy atom. The Morgan fingerprint density at radius 1 is 1.37 bits per heavy atom. The second kappa shape index (κ2) is 8.83. The Morgan fingerprint density at radius 2 is 2.15 bits per heavy atom. The third-order valence-electron chi connectivity index (χ3n) is 3.89. The van der Waals surface area contributed by atoms with Crippen LogP contribution in [0.5, 0.6) is 11.5 Å². The Labute approximate surface area is 163 Å². The first-order valence-corrected chi connectivity index (χ1v) is 10.2. The maximum Gasteiger partial charge on any atom is 0.387 e. The van der Waals surface area contributed by atoms with E-state index in [-0.39, 0.29) is 23.4 Å². The van der Waals surface area contributed by atoms with E-state index in [1.807, 2.05) is 6.92 Å². The summed E-state index contributed by atoms with van der Waals surface area (Å²) in [6.45, 7) is -1.07. The zero-order valence-corrected chi connectivity index (χ0v) is 16.5. The van der Waals surface area contributed by atoms with Gasteiger partial charge in [0.2, 0.25) is 11.0 Å². The number of rotatable bonds is 9. The van der Waals surface area contributed by atoms with Crippen LogP contribution in [0.3, 0.4) is 0 Å². The van der Waals surface area contributed by atoms with Gasteiger partial charge in [0.05, 0.1) is 7.11 Å². The molecule has 0 unspecified atom stereocenters. The molecule has 0 saturated heterocycles. The molecular weight excluding hydrogens is 396 g/mol. The number of anilines is 1. The van der Waals surface area contributed by atoms with Crippen LogP contribution in [-0.4, -0.2) is 35.9 Å². The molecule has 146 valence electrons. The summed E-state index contributed by atoms with van der Waals surface area (Å²) < 4.78 is 35.1. The van der Waals surface area contributed by atoms with Gasteiger partial charge in [-0.05, 0) is 30.5 Å². The predicted octanol–water partition coefficient (Wildman–Crippen LogP) is 4.35. The van der Waals surface area contributed by atoms with E-state index in [4.69, 9.17) is 4.74 Å². The molecule has 1 aromatic carbocycles. The van der Waals surface area contributed by atoms with Crippen molar-refractivity contribution in [3.8, 4) is 11.5 Å². The molecule has 1 amide bonds. The number of aromatic nitrogens is 2. The van der Waals surface area contributed by atoms with Crippen LogP contribution in [0, 0.1) is 0 Å². The summed E-state index contributed by atoms with van der Waals surface area (Å²) in [5.41, 5.74) is 0.874. The number of amides is 1. The van der Waals surface area contributed by atoms with Gasteiger partial charge in [0, 0.05) is 18.2 Å². The summed E-state index contributed by atoms with van der Waals surface area (Å²) in [7, 11) is 1.40. The van der Waals surface area contributed by atoms with E-state index in [0.29, 0.717) is 17.3 Å². The van der Waals surface area contributed by atoms with Crippen molar-refractivity contribution in [2.45, 2.75) is 48.9 Å². The van der Waals surface area contributed by atoms with Gasteiger partial charge in [-0.3, -0.25) is 9.69 Å². The van der Waals surface area contributed by atoms with Crippen LogP contribution in [-0.2, 0) is 10.5 Å². The lowest BCUT2D eigenvalue weighted by atomic mass is 10.2. The van der Waals surface area contributed by atoms with Crippen molar-refractivity contribution in [1.82, 2.24) is 10.2 Å². The summed E-state index contributed by atoms with van der Waals surface area (Å²) >= 11 is 2.85. The molecule has 6 nitrogen and oxygen atoms in total. The molecule has 1 fully saturated rings. The zero-order valence-electron chi connectivity index (χ0n) is 14.9. The third-order valence-corrected chi connectivity index (χ3v) is 6.02. The fourth-order valence-corrected chi connectivity index (χ4v) is 4.34. The summed E-state index contributed by atoms with van der Waals surface area (Å²) in [4.78, 5) is 13.9. The first-order valence-electron chi connectivity index (χ1n) is 8.42. The van der Waals surface area contributed by atoms with Crippen molar-refractivity contribution in [3.63, 3.8) is 0 Å². The van der Waals surface area contributed by atoms with Gasteiger partial charge in [0.25, 0.3) is 0 Å². The van der Waals surface area contributed by atoms with E-state index >= 15 is 0 Å². The maximum absolute atomic E-state index is 12.4. The molecule has 3 rings (SSSR count). The molecule has 0 bridgehead atoms. The smallest absolute Gasteiger partial charge is 0.387 e. The number of thioether (sulfide) groups is 1. The third kappa shape index (κ3) is 5.07. The minimum absolute atomic E-state index is 0.00222. The Hall–Kier alpha value is -1.94. The van der Waals surface area contributed by atoms with Gasteiger partial charge in [0.1, 0.15) is 0 Å². The van der Waals surface area contributed by atoms with E-state index in [2.05, 4.69) is 14.9 Å². The summed E-state index contributed by atoms with van der Waals surface area (Å²) in [6.07, 6.45) is 2.44. The van der Waals surface area contributed by atoms with Gasteiger partial charge >= 0.3 is 6.61 Å². The van der Waals surface area contributed by atoms with E-state index in [1.165, 1.54) is 36.3 Å². The summed E-state index contributed by atoms with van der Waals surface area (Å²) in [5.74, 6) is 0.868. The maximum atomic E-state index is 12.4. The van der Waals surface area contributed by atoms with Gasteiger partial charge in [-0.25, -0.2) is 0 Å². The predicted molar refractivity (Wildman–Crippen MR) is 99.9 cm³/mol. The lowest BCUT2D eigenvalue weighted by Crippen LogP contribution is -2.32. The number of carbonyl (C=O) groups is 1. The summed E-state index contributed by atoms with van der Waals surface area (Å²) in [5, 5.41) is 8.96. The molecule has 1 aliphatic rings. The number of ether oxygens (including phenoxy) is 2. The Kier molecular flexibility index (Phi) is 6.48. The Balaban J connectivity index is 1.65. The molecule has 1 aliphatic carbocycles. The highest BCUT2D eigenvalue weighted by molar-refractivity contribution is 8.00. The molecule has 0 spiro atoms. The van der Waals surface area contributed by atoms with Crippen molar-refractivity contribution < 1.29 is 23.0 Å². The van der Waals surface area contributed by atoms with Crippen molar-refractivity contribution in [2.75, 3.05) is 12.0 Å². The lowest BCUT2D eigenvalue weighted by molar-refractivity contribution is -0.118. The molecule has 10 heteroatoms. The number of halogens is 2. The fraction of sp³-hybridized carbons (Fsp3) is 0.471. The molecule has 0 aliphatic heterocycles. The quantitative estimate of drug-likeness (QED) is 0.448.